The van der Waals surface area contributed by atoms with Gasteiger partial charge in [0.05, 0.1) is 42.0 Å². The Morgan fingerprint density at radius 2 is 1.93 bits per heavy atom. The molecule has 0 unspecified atom stereocenters. The molecule has 2 N–H and O–H groups in total. The van der Waals surface area contributed by atoms with E-state index in [9.17, 15) is 8.78 Å². The first-order valence-corrected chi connectivity index (χ1v) is 8.96. The normalized spacial score (nSPS) is 15.6. The predicted octanol–water partition coefficient (Wildman–Crippen LogP) is 4.66. The molecule has 1 aromatic heterocycles. The van der Waals surface area contributed by atoms with Crippen LogP contribution in [0.4, 0.5) is 20.2 Å². The first-order chi connectivity index (χ1) is 13.7. The smallest absolute Gasteiger partial charge is 0.144 e. The zero-order valence-electron chi connectivity index (χ0n) is 14.8. The van der Waals surface area contributed by atoms with Crippen molar-refractivity contribution in [3.05, 3.63) is 71.4 Å². The molecule has 3 aromatic rings. The first kappa shape index (κ1) is 16.8. The van der Waals surface area contributed by atoms with Crippen LogP contribution in [0.25, 0.3) is 16.8 Å². The van der Waals surface area contributed by atoms with Crippen molar-refractivity contribution in [3.63, 3.8) is 0 Å². The van der Waals surface area contributed by atoms with Gasteiger partial charge in [-0.05, 0) is 41.8 Å². The number of amidine groups is 1. The molecule has 28 heavy (non-hydrogen) atoms. The Morgan fingerprint density at radius 3 is 2.71 bits per heavy atom. The maximum absolute atomic E-state index is 14.3. The Labute approximate surface area is 159 Å². The molecule has 2 aliphatic heterocycles. The van der Waals surface area contributed by atoms with Crippen LogP contribution in [-0.4, -0.2) is 29.2 Å². The van der Waals surface area contributed by atoms with Crippen LogP contribution >= 0.6 is 0 Å². The SMILES string of the molecule is Fc1cccc(F)c1C1=Nc2ccc(C3=CCOCC3)cc2-c2[nH]ncc2N1. The highest BCUT2D eigenvalue weighted by atomic mass is 19.1. The number of nitrogens with one attached hydrogen (secondary N) is 2. The molecule has 0 bridgehead atoms. The number of H-pyrrole nitrogens is 1. The van der Waals surface area contributed by atoms with Crippen molar-refractivity contribution in [2.24, 2.45) is 4.99 Å². The van der Waals surface area contributed by atoms with E-state index in [1.807, 2.05) is 18.2 Å². The highest BCUT2D eigenvalue weighted by molar-refractivity contribution is 6.13. The summed E-state index contributed by atoms with van der Waals surface area (Å²) in [5.41, 5.74) is 4.83. The summed E-state index contributed by atoms with van der Waals surface area (Å²) in [6.45, 7) is 1.28. The molecular weight excluding hydrogens is 362 g/mol. The molecule has 0 atom stereocenters. The van der Waals surface area contributed by atoms with E-state index in [2.05, 4.69) is 26.6 Å². The summed E-state index contributed by atoms with van der Waals surface area (Å²) in [4.78, 5) is 4.54. The largest absolute Gasteiger partial charge is 0.377 e. The minimum atomic E-state index is -0.677. The van der Waals surface area contributed by atoms with Crippen LogP contribution in [0.15, 0.2) is 53.7 Å². The summed E-state index contributed by atoms with van der Waals surface area (Å²) in [6.07, 6.45) is 4.48. The number of hydrogen-bond acceptors (Lipinski definition) is 4. The van der Waals surface area contributed by atoms with Gasteiger partial charge in [-0.2, -0.15) is 5.10 Å². The maximum atomic E-state index is 14.3. The van der Waals surface area contributed by atoms with Crippen LogP contribution in [-0.2, 0) is 4.74 Å². The van der Waals surface area contributed by atoms with E-state index in [0.29, 0.717) is 24.6 Å². The van der Waals surface area contributed by atoms with Gasteiger partial charge < -0.3 is 10.1 Å². The summed E-state index contributed by atoms with van der Waals surface area (Å²) in [5.74, 6) is -1.25. The van der Waals surface area contributed by atoms with E-state index < -0.39 is 11.6 Å². The topological polar surface area (TPSA) is 62.3 Å². The van der Waals surface area contributed by atoms with Crippen LogP contribution < -0.4 is 5.32 Å². The maximum Gasteiger partial charge on any atom is 0.144 e. The van der Waals surface area contributed by atoms with Gasteiger partial charge in [0.15, 0.2) is 0 Å². The summed E-state index contributed by atoms with van der Waals surface area (Å²) in [5, 5.41) is 10.1. The molecule has 0 saturated carbocycles. The van der Waals surface area contributed by atoms with Gasteiger partial charge in [-0.15, -0.1) is 0 Å². The van der Waals surface area contributed by atoms with Crippen molar-refractivity contribution in [2.45, 2.75) is 6.42 Å². The summed E-state index contributed by atoms with van der Waals surface area (Å²) >= 11 is 0. The second-order valence-corrected chi connectivity index (χ2v) is 6.63. The molecule has 0 fully saturated rings. The number of halogens is 2. The second-order valence-electron chi connectivity index (χ2n) is 6.63. The number of nitrogens with zero attached hydrogens (tertiary/aromatic N) is 2. The van der Waals surface area contributed by atoms with E-state index in [0.717, 1.165) is 23.2 Å². The Bertz CT molecular complexity index is 1110. The number of ether oxygens (including phenoxy) is 1. The molecule has 3 heterocycles. The van der Waals surface area contributed by atoms with E-state index in [1.54, 1.807) is 6.20 Å². The standard InChI is InChI=1S/C21H16F2N4O/c22-15-2-1-3-16(23)19(15)21-25-17-5-4-13(12-6-8-28-9-7-12)10-14(17)20-18(26-21)11-24-27-20/h1-6,10-11H,7-9H2,(H,24,27)(H,25,26). The summed E-state index contributed by atoms with van der Waals surface area (Å²) in [7, 11) is 0. The third kappa shape index (κ3) is 2.80. The van der Waals surface area contributed by atoms with E-state index in [4.69, 9.17) is 4.74 Å². The zero-order valence-corrected chi connectivity index (χ0v) is 14.8. The minimum absolute atomic E-state index is 0.107. The third-order valence-electron chi connectivity index (χ3n) is 4.92. The fraction of sp³-hybridized carbons (Fsp3) is 0.143. The zero-order chi connectivity index (χ0) is 19.1. The van der Waals surface area contributed by atoms with Gasteiger partial charge in [0.2, 0.25) is 0 Å². The first-order valence-electron chi connectivity index (χ1n) is 8.96. The Kier molecular flexibility index (Phi) is 4.02. The van der Waals surface area contributed by atoms with Crippen molar-refractivity contribution in [1.82, 2.24) is 10.2 Å². The number of aliphatic imine (C=N–C) groups is 1. The van der Waals surface area contributed by atoms with Crippen molar-refractivity contribution in [1.29, 1.82) is 0 Å². The Hall–Kier alpha value is -3.32. The average Bonchev–Trinajstić information content (AvgIpc) is 3.11. The van der Waals surface area contributed by atoms with Gasteiger partial charge in [-0.3, -0.25) is 5.10 Å². The van der Waals surface area contributed by atoms with Gasteiger partial charge in [-0.1, -0.05) is 18.2 Å². The molecule has 7 heteroatoms. The fourth-order valence-corrected chi connectivity index (χ4v) is 3.53. The van der Waals surface area contributed by atoms with Gasteiger partial charge in [0, 0.05) is 5.56 Å². The quantitative estimate of drug-likeness (QED) is 0.682. The molecule has 0 aliphatic carbocycles. The molecular formula is C21H16F2N4O. The predicted molar refractivity (Wildman–Crippen MR) is 104 cm³/mol. The van der Waals surface area contributed by atoms with Crippen molar-refractivity contribution < 1.29 is 13.5 Å². The highest BCUT2D eigenvalue weighted by Crippen LogP contribution is 2.39. The van der Waals surface area contributed by atoms with E-state index in [1.165, 1.54) is 23.8 Å². The Balaban J connectivity index is 1.69. The monoisotopic (exact) mass is 378 g/mol. The van der Waals surface area contributed by atoms with Crippen LogP contribution in [0.1, 0.15) is 17.5 Å². The molecule has 5 rings (SSSR count). The number of fused-ring (bicyclic) bond motifs is 3. The third-order valence-corrected chi connectivity index (χ3v) is 4.92. The fourth-order valence-electron chi connectivity index (χ4n) is 3.53. The van der Waals surface area contributed by atoms with Gasteiger partial charge in [0.25, 0.3) is 0 Å². The van der Waals surface area contributed by atoms with E-state index in [-0.39, 0.29) is 11.4 Å². The summed E-state index contributed by atoms with van der Waals surface area (Å²) < 4.78 is 34.1. The number of anilines is 1. The molecule has 0 amide bonds. The molecule has 0 radical (unpaired) electrons. The molecule has 2 aromatic carbocycles. The summed E-state index contributed by atoms with van der Waals surface area (Å²) in [6, 6.07) is 9.61. The molecule has 2 aliphatic rings. The Morgan fingerprint density at radius 1 is 1.07 bits per heavy atom. The minimum Gasteiger partial charge on any atom is -0.377 e. The van der Waals surface area contributed by atoms with Crippen LogP contribution in [0.3, 0.4) is 0 Å². The van der Waals surface area contributed by atoms with Crippen molar-refractivity contribution >= 4 is 22.8 Å². The van der Waals surface area contributed by atoms with Crippen LogP contribution in [0.2, 0.25) is 0 Å². The second kappa shape index (κ2) is 6.69. The molecule has 0 spiro atoms. The number of aromatic amines is 1. The number of benzene rings is 2. The molecule has 5 nitrogen and oxygen atoms in total. The number of aromatic nitrogens is 2. The van der Waals surface area contributed by atoms with Crippen LogP contribution in [0, 0.1) is 11.6 Å². The number of hydrogen-bond donors (Lipinski definition) is 2. The van der Waals surface area contributed by atoms with E-state index >= 15 is 0 Å². The lowest BCUT2D eigenvalue weighted by Crippen LogP contribution is -2.16. The molecule has 0 saturated heterocycles. The van der Waals surface area contributed by atoms with Crippen molar-refractivity contribution in [3.8, 4) is 11.3 Å². The lowest BCUT2D eigenvalue weighted by molar-refractivity contribution is 0.161. The molecule has 140 valence electrons. The van der Waals surface area contributed by atoms with Crippen molar-refractivity contribution in [2.75, 3.05) is 18.5 Å². The van der Waals surface area contributed by atoms with Gasteiger partial charge in [0.1, 0.15) is 17.5 Å². The highest BCUT2D eigenvalue weighted by Gasteiger charge is 2.23. The average molecular weight is 378 g/mol. The lowest BCUT2D eigenvalue weighted by atomic mass is 9.97. The number of rotatable bonds is 2. The van der Waals surface area contributed by atoms with Gasteiger partial charge in [-0.25, -0.2) is 13.8 Å². The lowest BCUT2D eigenvalue weighted by Gasteiger charge is -2.15. The van der Waals surface area contributed by atoms with Crippen LogP contribution in [0.5, 0.6) is 0 Å². The van der Waals surface area contributed by atoms with Gasteiger partial charge >= 0.3 is 0 Å².